The van der Waals surface area contributed by atoms with Gasteiger partial charge in [-0.25, -0.2) is 14.6 Å². The second-order valence-electron chi connectivity index (χ2n) is 3.34. The van der Waals surface area contributed by atoms with Crippen molar-refractivity contribution >= 4 is 11.0 Å². The van der Waals surface area contributed by atoms with Crippen LogP contribution in [0, 0.1) is 6.92 Å². The first kappa shape index (κ1) is 8.16. The van der Waals surface area contributed by atoms with Crippen LogP contribution in [0.3, 0.4) is 0 Å². The van der Waals surface area contributed by atoms with Gasteiger partial charge in [0.2, 0.25) is 0 Å². The minimum atomic E-state index is 0.776. The molecular weight excluding hydrogens is 190 g/mol. The fourth-order valence-electron chi connectivity index (χ4n) is 1.56. The molecule has 5 heteroatoms. The highest BCUT2D eigenvalue weighted by Gasteiger charge is 2.06. The molecule has 15 heavy (non-hydrogen) atoms. The molecule has 0 aromatic carbocycles. The van der Waals surface area contributed by atoms with E-state index in [1.807, 2.05) is 31.5 Å². The zero-order valence-electron chi connectivity index (χ0n) is 8.18. The van der Waals surface area contributed by atoms with Crippen LogP contribution in [0.25, 0.3) is 16.9 Å². The first-order valence-corrected chi connectivity index (χ1v) is 4.65. The summed E-state index contributed by atoms with van der Waals surface area (Å²) < 4.78 is 1.75. The molecule has 5 nitrogen and oxygen atoms in total. The Balaban J connectivity index is 2.30. The number of aryl methyl sites for hydroxylation is 1. The fourth-order valence-corrected chi connectivity index (χ4v) is 1.56. The van der Waals surface area contributed by atoms with Crippen molar-refractivity contribution < 1.29 is 0 Å². The van der Waals surface area contributed by atoms with E-state index in [9.17, 15) is 0 Å². The maximum Gasteiger partial charge on any atom is 0.180 e. The average molecular weight is 199 g/mol. The van der Waals surface area contributed by atoms with Gasteiger partial charge >= 0.3 is 0 Å². The maximum atomic E-state index is 4.32. The molecule has 0 unspecified atom stereocenters. The molecule has 3 aromatic heterocycles. The largest absolute Gasteiger partial charge is 0.357 e. The molecule has 0 fully saturated rings. The van der Waals surface area contributed by atoms with Crippen LogP contribution in [0.4, 0.5) is 0 Å². The van der Waals surface area contributed by atoms with E-state index < -0.39 is 0 Å². The Kier molecular flexibility index (Phi) is 1.58. The third-order valence-electron chi connectivity index (χ3n) is 2.26. The number of H-pyrrole nitrogens is 1. The van der Waals surface area contributed by atoms with Gasteiger partial charge in [-0.1, -0.05) is 0 Å². The van der Waals surface area contributed by atoms with E-state index in [1.54, 1.807) is 11.0 Å². The maximum absolute atomic E-state index is 4.32. The molecule has 0 amide bonds. The molecular formula is C10H9N5. The summed E-state index contributed by atoms with van der Waals surface area (Å²) in [4.78, 5) is 11.5. The summed E-state index contributed by atoms with van der Waals surface area (Å²) in [6.45, 7) is 1.95. The lowest BCUT2D eigenvalue weighted by Crippen LogP contribution is -2.00. The lowest BCUT2D eigenvalue weighted by Gasteiger charge is -2.00. The number of aromatic nitrogens is 5. The third kappa shape index (κ3) is 1.20. The summed E-state index contributed by atoms with van der Waals surface area (Å²) in [6, 6.07) is 3.85. The molecule has 0 spiro atoms. The van der Waals surface area contributed by atoms with Gasteiger partial charge in [0.1, 0.15) is 11.8 Å². The van der Waals surface area contributed by atoms with E-state index in [0.29, 0.717) is 0 Å². The Hall–Kier alpha value is -2.17. The van der Waals surface area contributed by atoms with E-state index in [-0.39, 0.29) is 0 Å². The van der Waals surface area contributed by atoms with Crippen molar-refractivity contribution in [2.75, 3.05) is 0 Å². The molecule has 0 aliphatic heterocycles. The topological polar surface area (TPSA) is 59.4 Å². The molecule has 0 aliphatic carbocycles. The number of hydrogen-bond donors (Lipinski definition) is 1. The average Bonchev–Trinajstić information content (AvgIpc) is 2.84. The Morgan fingerprint density at radius 3 is 3.00 bits per heavy atom. The quantitative estimate of drug-likeness (QED) is 0.645. The Bertz CT molecular complexity index is 607. The second kappa shape index (κ2) is 2.91. The van der Waals surface area contributed by atoms with E-state index in [4.69, 9.17) is 0 Å². The van der Waals surface area contributed by atoms with Crippen LogP contribution < -0.4 is 0 Å². The summed E-state index contributed by atoms with van der Waals surface area (Å²) in [5.74, 6) is 0.776. The molecule has 0 radical (unpaired) electrons. The van der Waals surface area contributed by atoms with Gasteiger partial charge < -0.3 is 4.98 Å². The summed E-state index contributed by atoms with van der Waals surface area (Å²) in [5.41, 5.74) is 2.77. The summed E-state index contributed by atoms with van der Waals surface area (Å²) in [5, 5.41) is 4.32. The van der Waals surface area contributed by atoms with E-state index in [1.165, 1.54) is 0 Å². The molecule has 3 rings (SSSR count). The molecule has 3 heterocycles. The lowest BCUT2D eigenvalue weighted by molar-refractivity contribution is 0.834. The van der Waals surface area contributed by atoms with Gasteiger partial charge in [-0.15, -0.1) is 0 Å². The minimum Gasteiger partial charge on any atom is -0.357 e. The van der Waals surface area contributed by atoms with Gasteiger partial charge in [0.15, 0.2) is 5.82 Å². The molecule has 0 aliphatic rings. The van der Waals surface area contributed by atoms with Gasteiger partial charge in [-0.3, -0.25) is 0 Å². The van der Waals surface area contributed by atoms with E-state index in [2.05, 4.69) is 20.1 Å². The minimum absolute atomic E-state index is 0.776. The van der Waals surface area contributed by atoms with Crippen molar-refractivity contribution in [3.63, 3.8) is 0 Å². The van der Waals surface area contributed by atoms with Crippen molar-refractivity contribution in [1.82, 2.24) is 24.7 Å². The number of aromatic amines is 1. The number of nitrogens with zero attached hydrogens (tertiary/aromatic N) is 4. The highest BCUT2D eigenvalue weighted by atomic mass is 15.3. The number of nitrogens with one attached hydrogen (secondary N) is 1. The Labute approximate surface area is 85.8 Å². The van der Waals surface area contributed by atoms with Gasteiger partial charge in [0.05, 0.1) is 11.2 Å². The van der Waals surface area contributed by atoms with Crippen LogP contribution in [-0.2, 0) is 0 Å². The van der Waals surface area contributed by atoms with Gasteiger partial charge in [0.25, 0.3) is 0 Å². The highest BCUT2D eigenvalue weighted by molar-refractivity contribution is 5.81. The number of rotatable bonds is 1. The Morgan fingerprint density at radius 2 is 2.20 bits per heavy atom. The predicted molar refractivity (Wildman–Crippen MR) is 55.7 cm³/mol. The van der Waals surface area contributed by atoms with Crippen LogP contribution in [0.5, 0.6) is 0 Å². The predicted octanol–water partition coefficient (Wildman–Crippen LogP) is 1.45. The van der Waals surface area contributed by atoms with Gasteiger partial charge in [0, 0.05) is 12.4 Å². The molecule has 1 N–H and O–H groups in total. The lowest BCUT2D eigenvalue weighted by atomic mass is 10.4. The van der Waals surface area contributed by atoms with Crippen LogP contribution in [-0.4, -0.2) is 24.7 Å². The second-order valence-corrected chi connectivity index (χ2v) is 3.34. The molecule has 0 atom stereocenters. The van der Waals surface area contributed by atoms with Gasteiger partial charge in [-0.2, -0.15) is 5.10 Å². The molecule has 3 aromatic rings. The number of fused-ring (bicyclic) bond motifs is 1. The molecule has 0 saturated carbocycles. The van der Waals surface area contributed by atoms with Crippen LogP contribution in [0.1, 0.15) is 5.69 Å². The zero-order valence-corrected chi connectivity index (χ0v) is 8.18. The third-order valence-corrected chi connectivity index (χ3v) is 2.26. The van der Waals surface area contributed by atoms with Crippen molar-refractivity contribution in [2.24, 2.45) is 0 Å². The number of hydrogen-bond acceptors (Lipinski definition) is 3. The standard InChI is InChI=1S/C10H9N5/c1-7-3-5-15(14-7)10-9-8(2-4-11-9)12-6-13-10/h2-6,11H,1H3. The van der Waals surface area contributed by atoms with Crippen LogP contribution >= 0.6 is 0 Å². The molecule has 0 saturated heterocycles. The SMILES string of the molecule is Cc1ccn(-c2ncnc3cc[nH]c23)n1. The normalized spacial score (nSPS) is 11.0. The van der Waals surface area contributed by atoms with Gasteiger partial charge in [-0.05, 0) is 19.1 Å². The van der Waals surface area contributed by atoms with Crippen LogP contribution in [0.15, 0.2) is 30.9 Å². The monoisotopic (exact) mass is 199 g/mol. The van der Waals surface area contributed by atoms with Crippen molar-refractivity contribution in [1.29, 1.82) is 0 Å². The highest BCUT2D eigenvalue weighted by Crippen LogP contribution is 2.15. The van der Waals surface area contributed by atoms with E-state index >= 15 is 0 Å². The smallest absolute Gasteiger partial charge is 0.180 e. The summed E-state index contributed by atoms with van der Waals surface area (Å²) >= 11 is 0. The van der Waals surface area contributed by atoms with E-state index in [0.717, 1.165) is 22.5 Å². The summed E-state index contributed by atoms with van der Waals surface area (Å²) in [7, 11) is 0. The fraction of sp³-hybridized carbons (Fsp3) is 0.100. The Morgan fingerprint density at radius 1 is 1.27 bits per heavy atom. The first-order chi connectivity index (χ1) is 7.34. The van der Waals surface area contributed by atoms with Crippen LogP contribution in [0.2, 0.25) is 0 Å². The van der Waals surface area contributed by atoms with Crippen molar-refractivity contribution in [3.05, 3.63) is 36.5 Å². The molecule has 0 bridgehead atoms. The first-order valence-electron chi connectivity index (χ1n) is 4.65. The van der Waals surface area contributed by atoms with Crippen molar-refractivity contribution in [2.45, 2.75) is 6.92 Å². The molecule has 74 valence electrons. The zero-order chi connectivity index (χ0) is 10.3. The summed E-state index contributed by atoms with van der Waals surface area (Å²) in [6.07, 6.45) is 5.28. The van der Waals surface area contributed by atoms with Crippen molar-refractivity contribution in [3.8, 4) is 5.82 Å².